The van der Waals surface area contributed by atoms with E-state index in [9.17, 15) is 13.6 Å². The van der Waals surface area contributed by atoms with Crippen molar-refractivity contribution in [2.24, 2.45) is 5.92 Å². The van der Waals surface area contributed by atoms with Gasteiger partial charge in [0.15, 0.2) is 11.5 Å². The van der Waals surface area contributed by atoms with Crippen LogP contribution in [-0.2, 0) is 4.79 Å². The quantitative estimate of drug-likeness (QED) is 0.812. The van der Waals surface area contributed by atoms with Gasteiger partial charge in [0, 0.05) is 5.92 Å². The molecule has 1 aromatic carbocycles. The summed E-state index contributed by atoms with van der Waals surface area (Å²) in [4.78, 5) is 11.2. The molecule has 0 bridgehead atoms. The van der Waals surface area contributed by atoms with E-state index in [1.165, 1.54) is 13.2 Å². The molecule has 0 aliphatic heterocycles. The van der Waals surface area contributed by atoms with Gasteiger partial charge in [-0.3, -0.25) is 4.79 Å². The van der Waals surface area contributed by atoms with Crippen LogP contribution >= 0.6 is 0 Å². The largest absolute Gasteiger partial charge is 0.493 e. The van der Waals surface area contributed by atoms with Crippen molar-refractivity contribution in [3.8, 4) is 11.5 Å². The van der Waals surface area contributed by atoms with Crippen LogP contribution in [0.3, 0.4) is 0 Å². The number of hydrogen-bond donors (Lipinski definition) is 0. The number of methoxy groups -OCH3 is 1. The van der Waals surface area contributed by atoms with Gasteiger partial charge >= 0.3 is 6.61 Å². The molecule has 0 N–H and O–H groups in total. The standard InChI is InChI=1S/C13H14F2O3/c1-7(16)9-6-10(9)8-3-4-11(17-2)12(5-8)18-13(14)15/h3-5,9-10,13H,6H2,1-2H3. The number of rotatable bonds is 5. The van der Waals surface area contributed by atoms with E-state index in [1.807, 2.05) is 0 Å². The predicted octanol–water partition coefficient (Wildman–Crippen LogP) is 2.99. The molecule has 2 atom stereocenters. The average Bonchev–Trinajstić information content (AvgIpc) is 3.08. The molecule has 3 nitrogen and oxygen atoms in total. The fourth-order valence-corrected chi connectivity index (χ4v) is 2.12. The summed E-state index contributed by atoms with van der Waals surface area (Å²) in [6.07, 6.45) is 0.774. The Morgan fingerprint density at radius 2 is 2.11 bits per heavy atom. The van der Waals surface area contributed by atoms with Crippen molar-refractivity contribution in [3.63, 3.8) is 0 Å². The van der Waals surface area contributed by atoms with Gasteiger partial charge in [-0.05, 0) is 37.0 Å². The minimum Gasteiger partial charge on any atom is -0.493 e. The van der Waals surface area contributed by atoms with Crippen LogP contribution in [0.1, 0.15) is 24.8 Å². The normalized spacial score (nSPS) is 21.8. The maximum atomic E-state index is 12.3. The zero-order valence-electron chi connectivity index (χ0n) is 10.2. The Morgan fingerprint density at radius 3 is 2.61 bits per heavy atom. The van der Waals surface area contributed by atoms with Crippen LogP contribution in [0.4, 0.5) is 8.78 Å². The van der Waals surface area contributed by atoms with E-state index in [0.717, 1.165) is 12.0 Å². The minimum absolute atomic E-state index is 0.0118. The highest BCUT2D eigenvalue weighted by Gasteiger charge is 2.42. The Balaban J connectivity index is 2.21. The van der Waals surface area contributed by atoms with E-state index in [2.05, 4.69) is 4.74 Å². The summed E-state index contributed by atoms with van der Waals surface area (Å²) in [6.45, 7) is -1.35. The van der Waals surface area contributed by atoms with Crippen molar-refractivity contribution in [1.29, 1.82) is 0 Å². The number of Topliss-reactive ketones (excluding diaryl/α,β-unsaturated/α-hetero) is 1. The highest BCUT2D eigenvalue weighted by Crippen LogP contribution is 2.49. The van der Waals surface area contributed by atoms with Crippen LogP contribution < -0.4 is 9.47 Å². The molecule has 5 heteroatoms. The first-order valence-electron chi connectivity index (χ1n) is 5.66. The third-order valence-electron chi connectivity index (χ3n) is 3.14. The van der Waals surface area contributed by atoms with Gasteiger partial charge in [0.05, 0.1) is 7.11 Å². The van der Waals surface area contributed by atoms with Crippen LogP contribution in [-0.4, -0.2) is 19.5 Å². The van der Waals surface area contributed by atoms with Gasteiger partial charge in [0.25, 0.3) is 0 Å². The summed E-state index contributed by atoms with van der Waals surface area (Å²) < 4.78 is 33.9. The van der Waals surface area contributed by atoms with E-state index >= 15 is 0 Å². The lowest BCUT2D eigenvalue weighted by Gasteiger charge is -2.11. The number of hydrogen-bond acceptors (Lipinski definition) is 3. The highest BCUT2D eigenvalue weighted by molar-refractivity contribution is 5.82. The second kappa shape index (κ2) is 4.92. The summed E-state index contributed by atoms with van der Waals surface area (Å²) >= 11 is 0. The zero-order valence-corrected chi connectivity index (χ0v) is 10.2. The Bertz CT molecular complexity index is 460. The molecule has 1 saturated carbocycles. The van der Waals surface area contributed by atoms with Crippen molar-refractivity contribution in [3.05, 3.63) is 23.8 Å². The molecule has 1 aromatic rings. The number of carbonyl (C=O) groups excluding carboxylic acids is 1. The molecule has 0 spiro atoms. The summed E-state index contributed by atoms with van der Waals surface area (Å²) in [5.74, 6) is 0.539. The third kappa shape index (κ3) is 2.60. The molecule has 1 fully saturated rings. The lowest BCUT2D eigenvalue weighted by atomic mass is 10.1. The lowest BCUT2D eigenvalue weighted by molar-refractivity contribution is -0.118. The van der Waals surface area contributed by atoms with Crippen LogP contribution in [0.25, 0.3) is 0 Å². The molecule has 0 amide bonds. The van der Waals surface area contributed by atoms with Crippen molar-refractivity contribution >= 4 is 5.78 Å². The topological polar surface area (TPSA) is 35.5 Å². The number of carbonyl (C=O) groups is 1. The minimum atomic E-state index is -2.89. The first kappa shape index (κ1) is 12.8. The molecular weight excluding hydrogens is 242 g/mol. The van der Waals surface area contributed by atoms with Crippen LogP contribution in [0.5, 0.6) is 11.5 Å². The van der Waals surface area contributed by atoms with Gasteiger partial charge in [-0.25, -0.2) is 0 Å². The fraction of sp³-hybridized carbons (Fsp3) is 0.462. The van der Waals surface area contributed by atoms with Crippen LogP contribution in [0.2, 0.25) is 0 Å². The first-order chi connectivity index (χ1) is 8.52. The molecule has 98 valence electrons. The summed E-state index contributed by atoms with van der Waals surface area (Å²) in [5.41, 5.74) is 0.839. The summed E-state index contributed by atoms with van der Waals surface area (Å²) in [6, 6.07) is 4.89. The van der Waals surface area contributed by atoms with Gasteiger partial charge in [0.2, 0.25) is 0 Å². The van der Waals surface area contributed by atoms with Crippen LogP contribution in [0, 0.1) is 5.92 Å². The van der Waals surface area contributed by atoms with E-state index in [-0.39, 0.29) is 29.1 Å². The first-order valence-corrected chi connectivity index (χ1v) is 5.66. The molecule has 0 radical (unpaired) electrons. The zero-order chi connectivity index (χ0) is 13.3. The molecule has 1 aliphatic carbocycles. The smallest absolute Gasteiger partial charge is 0.387 e. The monoisotopic (exact) mass is 256 g/mol. The van der Waals surface area contributed by atoms with Gasteiger partial charge in [-0.2, -0.15) is 8.78 Å². The van der Waals surface area contributed by atoms with Crippen molar-refractivity contribution in [1.82, 2.24) is 0 Å². The molecule has 0 heterocycles. The molecule has 2 rings (SSSR count). The number of alkyl halides is 2. The number of halogens is 2. The molecule has 1 aliphatic rings. The Hall–Kier alpha value is -1.65. The van der Waals surface area contributed by atoms with Crippen LogP contribution in [0.15, 0.2) is 18.2 Å². The number of benzene rings is 1. The molecule has 0 saturated heterocycles. The highest BCUT2D eigenvalue weighted by atomic mass is 19.3. The van der Waals surface area contributed by atoms with Gasteiger partial charge in [-0.1, -0.05) is 6.07 Å². The molecule has 2 unspecified atom stereocenters. The molecule has 18 heavy (non-hydrogen) atoms. The Morgan fingerprint density at radius 1 is 1.39 bits per heavy atom. The van der Waals surface area contributed by atoms with E-state index in [0.29, 0.717) is 0 Å². The van der Waals surface area contributed by atoms with Gasteiger partial charge in [0.1, 0.15) is 5.78 Å². The summed E-state index contributed by atoms with van der Waals surface area (Å²) in [7, 11) is 1.39. The van der Waals surface area contributed by atoms with E-state index in [4.69, 9.17) is 4.74 Å². The number of ketones is 1. The lowest BCUT2D eigenvalue weighted by Crippen LogP contribution is -2.04. The van der Waals surface area contributed by atoms with E-state index < -0.39 is 6.61 Å². The van der Waals surface area contributed by atoms with Crippen molar-refractivity contribution < 1.29 is 23.0 Å². The van der Waals surface area contributed by atoms with Crippen molar-refractivity contribution in [2.75, 3.05) is 7.11 Å². The second-order valence-electron chi connectivity index (χ2n) is 4.35. The van der Waals surface area contributed by atoms with Gasteiger partial charge in [-0.15, -0.1) is 0 Å². The predicted molar refractivity (Wildman–Crippen MR) is 61.2 cm³/mol. The Labute approximate surface area is 104 Å². The number of ether oxygens (including phenoxy) is 2. The van der Waals surface area contributed by atoms with E-state index in [1.54, 1.807) is 19.1 Å². The Kier molecular flexibility index (Phi) is 3.50. The fourth-order valence-electron chi connectivity index (χ4n) is 2.12. The van der Waals surface area contributed by atoms with Gasteiger partial charge < -0.3 is 9.47 Å². The average molecular weight is 256 g/mol. The second-order valence-corrected chi connectivity index (χ2v) is 4.35. The molecular formula is C13H14F2O3. The SMILES string of the molecule is COc1ccc(C2CC2C(C)=O)cc1OC(F)F. The summed E-state index contributed by atoms with van der Waals surface area (Å²) in [5, 5.41) is 0. The van der Waals surface area contributed by atoms with Crippen molar-refractivity contribution in [2.45, 2.75) is 25.9 Å². The molecule has 0 aromatic heterocycles. The maximum absolute atomic E-state index is 12.3. The third-order valence-corrected chi connectivity index (χ3v) is 3.14. The maximum Gasteiger partial charge on any atom is 0.387 e.